The predicted octanol–water partition coefficient (Wildman–Crippen LogP) is 1.58. The van der Waals surface area contributed by atoms with E-state index in [0.29, 0.717) is 13.2 Å². The average molecular weight is 276 g/mol. The first-order chi connectivity index (χ1) is 9.63. The molecule has 4 nitrogen and oxygen atoms in total. The van der Waals surface area contributed by atoms with Gasteiger partial charge in [-0.1, -0.05) is 24.3 Å². The molecule has 0 saturated carbocycles. The predicted molar refractivity (Wildman–Crippen MR) is 79.5 cm³/mol. The van der Waals surface area contributed by atoms with Crippen molar-refractivity contribution in [3.63, 3.8) is 0 Å². The fourth-order valence-electron chi connectivity index (χ4n) is 2.64. The molecule has 0 aromatic heterocycles. The molecule has 2 rings (SSSR count). The van der Waals surface area contributed by atoms with Gasteiger partial charge >= 0.3 is 0 Å². The highest BCUT2D eigenvalue weighted by molar-refractivity contribution is 5.83. The number of ether oxygens (including phenoxy) is 1. The minimum atomic E-state index is -0.121. The molecule has 20 heavy (non-hydrogen) atoms. The standard InChI is InChI=1S/C16H24N2O2/c1-12(2)18(8-9-20-3)16(19)15-10-13-6-4-5-7-14(13)11-17-15/h4-7,12,15,17H,8-11H2,1-3H3/t15-/m1/s1. The maximum Gasteiger partial charge on any atom is 0.240 e. The van der Waals surface area contributed by atoms with Gasteiger partial charge in [-0.3, -0.25) is 4.79 Å². The van der Waals surface area contributed by atoms with E-state index in [1.165, 1.54) is 11.1 Å². The summed E-state index contributed by atoms with van der Waals surface area (Å²) in [4.78, 5) is 14.6. The minimum Gasteiger partial charge on any atom is -0.383 e. The highest BCUT2D eigenvalue weighted by atomic mass is 16.5. The molecule has 0 unspecified atom stereocenters. The number of fused-ring (bicyclic) bond motifs is 1. The van der Waals surface area contributed by atoms with Crippen molar-refractivity contribution in [2.24, 2.45) is 0 Å². The van der Waals surface area contributed by atoms with E-state index in [1.54, 1.807) is 7.11 Å². The molecule has 1 atom stereocenters. The highest BCUT2D eigenvalue weighted by Crippen LogP contribution is 2.18. The van der Waals surface area contributed by atoms with Crippen LogP contribution >= 0.6 is 0 Å². The molecule has 0 bridgehead atoms. The molecule has 1 aromatic carbocycles. The van der Waals surface area contributed by atoms with Gasteiger partial charge in [0.1, 0.15) is 0 Å². The van der Waals surface area contributed by atoms with Gasteiger partial charge in [0.2, 0.25) is 5.91 Å². The maximum absolute atomic E-state index is 12.7. The molecule has 0 aliphatic carbocycles. The van der Waals surface area contributed by atoms with Crippen LogP contribution < -0.4 is 5.32 Å². The molecule has 1 N–H and O–H groups in total. The normalized spacial score (nSPS) is 17.9. The summed E-state index contributed by atoms with van der Waals surface area (Å²) in [6.45, 7) is 6.08. The first kappa shape index (κ1) is 15.0. The van der Waals surface area contributed by atoms with Gasteiger partial charge in [0.25, 0.3) is 0 Å². The van der Waals surface area contributed by atoms with E-state index >= 15 is 0 Å². The third kappa shape index (κ3) is 3.38. The Morgan fingerprint density at radius 3 is 2.75 bits per heavy atom. The average Bonchev–Trinajstić information content (AvgIpc) is 2.46. The molecule has 0 fully saturated rings. The number of nitrogens with one attached hydrogen (secondary N) is 1. The number of nitrogens with zero attached hydrogens (tertiary/aromatic N) is 1. The number of rotatable bonds is 5. The highest BCUT2D eigenvalue weighted by Gasteiger charge is 2.28. The van der Waals surface area contributed by atoms with Crippen LogP contribution in [0.3, 0.4) is 0 Å². The van der Waals surface area contributed by atoms with E-state index in [-0.39, 0.29) is 18.0 Å². The quantitative estimate of drug-likeness (QED) is 0.888. The molecule has 0 saturated heterocycles. The van der Waals surface area contributed by atoms with Gasteiger partial charge in [-0.15, -0.1) is 0 Å². The van der Waals surface area contributed by atoms with Crippen LogP contribution in [0.2, 0.25) is 0 Å². The van der Waals surface area contributed by atoms with Crippen LogP contribution in [-0.4, -0.2) is 43.2 Å². The molecular weight excluding hydrogens is 252 g/mol. The second-order valence-corrected chi connectivity index (χ2v) is 5.52. The van der Waals surface area contributed by atoms with Crippen LogP contribution in [0.15, 0.2) is 24.3 Å². The summed E-state index contributed by atoms with van der Waals surface area (Å²) in [6, 6.07) is 8.39. The summed E-state index contributed by atoms with van der Waals surface area (Å²) in [5.41, 5.74) is 2.57. The third-order valence-corrected chi connectivity index (χ3v) is 3.82. The number of hydrogen-bond acceptors (Lipinski definition) is 3. The fourth-order valence-corrected chi connectivity index (χ4v) is 2.64. The van der Waals surface area contributed by atoms with Crippen LogP contribution in [-0.2, 0) is 22.5 Å². The van der Waals surface area contributed by atoms with Crippen molar-refractivity contribution >= 4 is 5.91 Å². The topological polar surface area (TPSA) is 41.6 Å². The van der Waals surface area contributed by atoms with Gasteiger partial charge < -0.3 is 15.0 Å². The van der Waals surface area contributed by atoms with Crippen LogP contribution in [0.25, 0.3) is 0 Å². The van der Waals surface area contributed by atoms with Gasteiger partial charge in [0, 0.05) is 26.2 Å². The van der Waals surface area contributed by atoms with Crippen molar-refractivity contribution in [2.45, 2.75) is 38.9 Å². The molecule has 1 aliphatic rings. The smallest absolute Gasteiger partial charge is 0.240 e. The zero-order valence-electron chi connectivity index (χ0n) is 12.6. The molecule has 110 valence electrons. The molecule has 0 radical (unpaired) electrons. The van der Waals surface area contributed by atoms with E-state index in [1.807, 2.05) is 30.9 Å². The Morgan fingerprint density at radius 2 is 2.10 bits per heavy atom. The molecular formula is C16H24N2O2. The van der Waals surface area contributed by atoms with Crippen molar-refractivity contribution in [1.82, 2.24) is 10.2 Å². The molecule has 1 aliphatic heterocycles. The van der Waals surface area contributed by atoms with Gasteiger partial charge in [0.05, 0.1) is 12.6 Å². The fraction of sp³-hybridized carbons (Fsp3) is 0.562. The number of methoxy groups -OCH3 is 1. The third-order valence-electron chi connectivity index (χ3n) is 3.82. The Morgan fingerprint density at radius 1 is 1.40 bits per heavy atom. The minimum absolute atomic E-state index is 0.121. The van der Waals surface area contributed by atoms with Crippen LogP contribution in [0, 0.1) is 0 Å². The zero-order valence-corrected chi connectivity index (χ0v) is 12.6. The summed E-state index contributed by atoms with van der Waals surface area (Å²) >= 11 is 0. The number of amides is 1. The lowest BCUT2D eigenvalue weighted by molar-refractivity contribution is -0.136. The molecule has 1 heterocycles. The number of carbonyl (C=O) groups is 1. The second-order valence-electron chi connectivity index (χ2n) is 5.52. The summed E-state index contributed by atoms with van der Waals surface area (Å²) in [5.74, 6) is 0.173. The number of hydrogen-bond donors (Lipinski definition) is 1. The summed E-state index contributed by atoms with van der Waals surface area (Å²) in [7, 11) is 1.66. The molecule has 1 amide bonds. The van der Waals surface area contributed by atoms with E-state index < -0.39 is 0 Å². The van der Waals surface area contributed by atoms with Gasteiger partial charge in [-0.25, -0.2) is 0 Å². The Kier molecular flexibility index (Phi) is 5.15. The summed E-state index contributed by atoms with van der Waals surface area (Å²) in [5, 5.41) is 3.35. The Hall–Kier alpha value is -1.39. The van der Waals surface area contributed by atoms with Gasteiger partial charge in [0.15, 0.2) is 0 Å². The largest absolute Gasteiger partial charge is 0.383 e. The number of benzene rings is 1. The van der Waals surface area contributed by atoms with Crippen LogP contribution in [0.4, 0.5) is 0 Å². The number of carbonyl (C=O) groups excluding carboxylic acids is 1. The zero-order chi connectivity index (χ0) is 14.5. The lowest BCUT2D eigenvalue weighted by Crippen LogP contribution is -2.52. The maximum atomic E-state index is 12.7. The van der Waals surface area contributed by atoms with Crippen molar-refractivity contribution in [3.8, 4) is 0 Å². The summed E-state index contributed by atoms with van der Waals surface area (Å²) in [6.07, 6.45) is 0.769. The molecule has 1 aromatic rings. The van der Waals surface area contributed by atoms with Crippen molar-refractivity contribution in [2.75, 3.05) is 20.3 Å². The van der Waals surface area contributed by atoms with Crippen molar-refractivity contribution in [1.29, 1.82) is 0 Å². The Labute approximate surface area is 121 Å². The molecule has 4 heteroatoms. The Balaban J connectivity index is 2.06. The Bertz CT molecular complexity index is 460. The van der Waals surface area contributed by atoms with E-state index in [9.17, 15) is 4.79 Å². The first-order valence-electron chi connectivity index (χ1n) is 7.23. The van der Waals surface area contributed by atoms with Gasteiger partial charge in [-0.2, -0.15) is 0 Å². The van der Waals surface area contributed by atoms with Crippen LogP contribution in [0.5, 0.6) is 0 Å². The lowest BCUT2D eigenvalue weighted by atomic mass is 9.95. The first-order valence-corrected chi connectivity index (χ1v) is 7.23. The van der Waals surface area contributed by atoms with E-state index in [4.69, 9.17) is 4.74 Å². The molecule has 0 spiro atoms. The monoisotopic (exact) mass is 276 g/mol. The van der Waals surface area contributed by atoms with E-state index in [0.717, 1.165) is 13.0 Å². The van der Waals surface area contributed by atoms with Gasteiger partial charge in [-0.05, 0) is 31.4 Å². The lowest BCUT2D eigenvalue weighted by Gasteiger charge is -2.33. The summed E-state index contributed by atoms with van der Waals surface area (Å²) < 4.78 is 5.10. The van der Waals surface area contributed by atoms with Crippen LogP contribution in [0.1, 0.15) is 25.0 Å². The SMILES string of the molecule is COCCN(C(=O)[C@H]1Cc2ccccc2CN1)C(C)C. The second kappa shape index (κ2) is 6.86. The van der Waals surface area contributed by atoms with Crippen molar-refractivity contribution < 1.29 is 9.53 Å². The van der Waals surface area contributed by atoms with Crippen molar-refractivity contribution in [3.05, 3.63) is 35.4 Å². The van der Waals surface area contributed by atoms with E-state index in [2.05, 4.69) is 17.4 Å².